The molecule has 0 aliphatic rings. The fourth-order valence-electron chi connectivity index (χ4n) is 0.713. The van der Waals surface area contributed by atoms with Gasteiger partial charge in [-0.05, 0) is 18.2 Å². The molecule has 62 valence electrons. The summed E-state index contributed by atoms with van der Waals surface area (Å²) in [5.41, 5.74) is 0.174. The van der Waals surface area contributed by atoms with Crippen LogP contribution in [0.4, 0.5) is 0 Å². The van der Waals surface area contributed by atoms with Crippen molar-refractivity contribution in [2.75, 3.05) is 0 Å². The maximum atomic E-state index is 10.5. The highest BCUT2D eigenvalue weighted by Gasteiger charge is 2.01. The lowest BCUT2D eigenvalue weighted by molar-refractivity contribution is 0.614. The van der Waals surface area contributed by atoms with Gasteiger partial charge in [-0.1, -0.05) is 11.6 Å². The summed E-state index contributed by atoms with van der Waals surface area (Å²) < 4.78 is 20.9. The van der Waals surface area contributed by atoms with Crippen LogP contribution in [0.25, 0.3) is 0 Å². The first kappa shape index (κ1) is 9.04. The van der Waals surface area contributed by atoms with E-state index >= 15 is 0 Å². The Kier molecular flexibility index (Phi) is 2.69. The lowest BCUT2D eigenvalue weighted by Gasteiger charge is -1.94. The number of hydrogen-bond donors (Lipinski definition) is 1. The van der Waals surface area contributed by atoms with Crippen LogP contribution >= 0.6 is 11.6 Å². The van der Waals surface area contributed by atoms with Gasteiger partial charge in [0, 0.05) is 0 Å². The minimum absolute atomic E-state index is 0.103. The zero-order valence-corrected chi connectivity index (χ0v) is 7.47. The molecule has 3 nitrogen and oxygen atoms in total. The van der Waals surface area contributed by atoms with Gasteiger partial charge in [-0.15, -0.1) is 0 Å². The molecule has 1 rings (SSSR count). The SMILES string of the molecule is N#Cc1cc([SH](=O)=O)ccc1Cl. The Balaban J connectivity index is 3.35. The lowest BCUT2D eigenvalue weighted by atomic mass is 10.2. The van der Waals surface area contributed by atoms with E-state index in [1.807, 2.05) is 0 Å². The molecule has 0 unspecified atom stereocenters. The highest BCUT2D eigenvalue weighted by Crippen LogP contribution is 2.16. The van der Waals surface area contributed by atoms with Gasteiger partial charge in [0.2, 0.25) is 0 Å². The fraction of sp³-hybridized carbons (Fsp3) is 0. The predicted molar refractivity (Wildman–Crippen MR) is 44.7 cm³/mol. The van der Waals surface area contributed by atoms with Crippen LogP contribution in [-0.2, 0) is 10.7 Å². The number of halogens is 1. The van der Waals surface area contributed by atoms with E-state index < -0.39 is 10.7 Å². The molecule has 0 fully saturated rings. The van der Waals surface area contributed by atoms with Crippen molar-refractivity contribution in [2.45, 2.75) is 4.90 Å². The summed E-state index contributed by atoms with van der Waals surface area (Å²) in [6, 6.07) is 5.78. The van der Waals surface area contributed by atoms with Gasteiger partial charge in [-0.25, -0.2) is 8.42 Å². The van der Waals surface area contributed by atoms with Gasteiger partial charge in [0.25, 0.3) is 0 Å². The molecular weight excluding hydrogens is 198 g/mol. The molecule has 0 aromatic heterocycles. The quantitative estimate of drug-likeness (QED) is 0.695. The van der Waals surface area contributed by atoms with Gasteiger partial charge < -0.3 is 0 Å². The van der Waals surface area contributed by atoms with Crippen LogP contribution in [-0.4, -0.2) is 8.42 Å². The van der Waals surface area contributed by atoms with Crippen molar-refractivity contribution in [1.82, 2.24) is 0 Å². The average Bonchev–Trinajstić information content (AvgIpc) is 2.05. The smallest absolute Gasteiger partial charge is 0.168 e. The van der Waals surface area contributed by atoms with Gasteiger partial charge in [-0.2, -0.15) is 5.26 Å². The van der Waals surface area contributed by atoms with E-state index in [1.54, 1.807) is 6.07 Å². The minimum Gasteiger partial charge on any atom is -0.227 e. The zero-order chi connectivity index (χ0) is 9.14. The maximum Gasteiger partial charge on any atom is 0.168 e. The van der Waals surface area contributed by atoms with Crippen molar-refractivity contribution in [3.63, 3.8) is 0 Å². The molecule has 0 N–H and O–H groups in total. The van der Waals surface area contributed by atoms with Gasteiger partial charge in [-0.3, -0.25) is 0 Å². The Morgan fingerprint density at radius 2 is 2.08 bits per heavy atom. The average molecular weight is 202 g/mol. The molecule has 1 aromatic rings. The topological polar surface area (TPSA) is 57.9 Å². The molecule has 0 bridgehead atoms. The van der Waals surface area contributed by atoms with Crippen molar-refractivity contribution < 1.29 is 8.42 Å². The highest BCUT2D eigenvalue weighted by molar-refractivity contribution is 7.72. The first-order valence-corrected chi connectivity index (χ1v) is 4.54. The summed E-state index contributed by atoms with van der Waals surface area (Å²) in [5, 5.41) is 8.76. The number of nitrogens with zero attached hydrogens (tertiary/aromatic N) is 1. The van der Waals surface area contributed by atoms with E-state index in [-0.39, 0.29) is 15.5 Å². The van der Waals surface area contributed by atoms with Crippen LogP contribution in [0.15, 0.2) is 23.1 Å². The molecule has 0 saturated carbocycles. The predicted octanol–water partition coefficient (Wildman–Crippen LogP) is 1.18. The van der Waals surface area contributed by atoms with Crippen molar-refractivity contribution in [3.8, 4) is 6.07 Å². The van der Waals surface area contributed by atoms with Crippen molar-refractivity contribution in [1.29, 1.82) is 5.26 Å². The minimum atomic E-state index is -2.64. The van der Waals surface area contributed by atoms with E-state index in [0.29, 0.717) is 0 Å². The second kappa shape index (κ2) is 3.57. The third-order valence-electron chi connectivity index (χ3n) is 1.28. The monoisotopic (exact) mass is 201 g/mol. The van der Waals surface area contributed by atoms with Crippen LogP contribution in [0.1, 0.15) is 5.56 Å². The van der Waals surface area contributed by atoms with Gasteiger partial charge in [0.15, 0.2) is 10.7 Å². The Bertz CT molecular complexity index is 412. The van der Waals surface area contributed by atoms with Crippen LogP contribution in [0, 0.1) is 11.3 Å². The number of rotatable bonds is 1. The number of benzene rings is 1. The van der Waals surface area contributed by atoms with Crippen LogP contribution in [0.5, 0.6) is 0 Å². The summed E-state index contributed by atoms with van der Waals surface area (Å²) in [5.74, 6) is 0. The third kappa shape index (κ3) is 1.76. The number of hydrogen-bond acceptors (Lipinski definition) is 3. The van der Waals surface area contributed by atoms with Crippen LogP contribution in [0.2, 0.25) is 5.02 Å². The van der Waals surface area contributed by atoms with E-state index in [1.165, 1.54) is 18.2 Å². The van der Waals surface area contributed by atoms with Crippen LogP contribution < -0.4 is 0 Å². The largest absolute Gasteiger partial charge is 0.227 e. The van der Waals surface area contributed by atoms with Gasteiger partial charge >= 0.3 is 0 Å². The molecule has 0 amide bonds. The van der Waals surface area contributed by atoms with Gasteiger partial charge in [0.1, 0.15) is 6.07 Å². The van der Waals surface area contributed by atoms with Crippen molar-refractivity contribution in [2.24, 2.45) is 0 Å². The first-order chi connectivity index (χ1) is 5.65. The lowest BCUT2D eigenvalue weighted by Crippen LogP contribution is -1.83. The standard InChI is InChI=1S/C7H4ClNO2S/c8-7-2-1-6(12(10)11)3-5(7)4-9/h1-3,12H. The third-order valence-corrected chi connectivity index (χ3v) is 2.31. The Hall–Kier alpha value is -1.05. The fourth-order valence-corrected chi connectivity index (χ4v) is 1.30. The highest BCUT2D eigenvalue weighted by atomic mass is 35.5. The summed E-state index contributed by atoms with van der Waals surface area (Å²) in [6.45, 7) is 0. The summed E-state index contributed by atoms with van der Waals surface area (Å²) >= 11 is 5.58. The van der Waals surface area contributed by atoms with E-state index in [9.17, 15) is 8.42 Å². The maximum absolute atomic E-state index is 10.5. The van der Waals surface area contributed by atoms with Gasteiger partial charge in [0.05, 0.1) is 15.5 Å². The van der Waals surface area contributed by atoms with Crippen molar-refractivity contribution in [3.05, 3.63) is 28.8 Å². The summed E-state index contributed by atoms with van der Waals surface area (Å²) in [6.07, 6.45) is 0. The molecule has 0 saturated heterocycles. The Morgan fingerprint density at radius 3 is 2.58 bits per heavy atom. The van der Waals surface area contributed by atoms with E-state index in [2.05, 4.69) is 0 Å². The second-order valence-electron chi connectivity index (χ2n) is 2.03. The molecular formula is C7H4ClNO2S. The molecule has 0 atom stereocenters. The van der Waals surface area contributed by atoms with E-state index in [4.69, 9.17) is 16.9 Å². The Labute approximate surface area is 76.1 Å². The molecule has 0 aliphatic carbocycles. The van der Waals surface area contributed by atoms with E-state index in [0.717, 1.165) is 0 Å². The molecule has 0 aliphatic heterocycles. The normalized spacial score (nSPS) is 9.75. The molecule has 0 radical (unpaired) electrons. The second-order valence-corrected chi connectivity index (χ2v) is 3.47. The first-order valence-electron chi connectivity index (χ1n) is 2.99. The summed E-state index contributed by atoms with van der Waals surface area (Å²) in [4.78, 5) is 0.103. The molecule has 1 aromatic carbocycles. The zero-order valence-electron chi connectivity index (χ0n) is 5.82. The summed E-state index contributed by atoms with van der Waals surface area (Å²) in [7, 11) is -2.64. The Morgan fingerprint density at radius 1 is 1.42 bits per heavy atom. The van der Waals surface area contributed by atoms with Crippen LogP contribution in [0.3, 0.4) is 0 Å². The molecule has 5 heteroatoms. The van der Waals surface area contributed by atoms with Crippen molar-refractivity contribution >= 4 is 22.3 Å². The number of thiol groups is 1. The number of nitriles is 1. The molecule has 0 heterocycles. The molecule has 0 spiro atoms. The molecule has 12 heavy (non-hydrogen) atoms.